The Balaban J connectivity index is 0.000000164. The SMILES string of the molecule is CC(C)(C)[O-].COC(=O)C1(c2c(N)cnc3ccc(Br)cc23)CC1.O=C1Nc2cnc3ccc(Br)cc3c2C12CC2.[Na+]. The molecule has 11 heteroatoms. The van der Waals surface area contributed by atoms with Gasteiger partial charge in [-0.3, -0.25) is 19.6 Å². The largest absolute Gasteiger partial charge is 1.00 e. The molecule has 0 saturated heterocycles. The molecule has 7 rings (SSSR count). The summed E-state index contributed by atoms with van der Waals surface area (Å²) in [6.45, 7) is 4.90. The van der Waals surface area contributed by atoms with Gasteiger partial charge in [-0.1, -0.05) is 52.6 Å². The first-order valence-electron chi connectivity index (χ1n) is 13.3. The smallest absolute Gasteiger partial charge is 0.850 e. The molecule has 1 spiro atoms. The molecule has 3 N–H and O–H groups in total. The molecule has 2 aromatic carbocycles. The Morgan fingerprint density at radius 2 is 1.45 bits per heavy atom. The number of nitrogens with two attached hydrogens (primary N) is 1. The molecule has 0 unspecified atom stereocenters. The number of nitrogen functional groups attached to an aromatic ring is 1. The number of nitrogens with one attached hydrogen (secondary N) is 1. The Labute approximate surface area is 283 Å². The maximum absolute atomic E-state index is 12.1. The van der Waals surface area contributed by atoms with Gasteiger partial charge in [0.2, 0.25) is 5.91 Å². The number of esters is 1. The van der Waals surface area contributed by atoms with Gasteiger partial charge in [0.05, 0.1) is 52.7 Å². The molecule has 4 aromatic rings. The van der Waals surface area contributed by atoms with Crippen LogP contribution in [0.25, 0.3) is 21.8 Å². The molecule has 8 nitrogen and oxygen atoms in total. The van der Waals surface area contributed by atoms with Crippen molar-refractivity contribution in [2.45, 2.75) is 62.9 Å². The van der Waals surface area contributed by atoms with Gasteiger partial charge in [-0.2, -0.15) is 0 Å². The molecule has 0 bridgehead atoms. The molecule has 42 heavy (non-hydrogen) atoms. The number of pyridine rings is 2. The van der Waals surface area contributed by atoms with Gasteiger partial charge in [-0.25, -0.2) is 0 Å². The molecule has 2 saturated carbocycles. The normalized spacial score (nSPS) is 16.7. The third-order valence-corrected chi connectivity index (χ3v) is 8.39. The van der Waals surface area contributed by atoms with Crippen molar-refractivity contribution in [2.24, 2.45) is 0 Å². The number of ether oxygens (including phenoxy) is 1. The average molecular weight is 706 g/mol. The molecular formula is C31H31Br2N4NaO4. The number of nitrogens with zero attached hydrogens (tertiary/aromatic N) is 2. The number of methoxy groups -OCH3 is 1. The maximum atomic E-state index is 12.1. The van der Waals surface area contributed by atoms with E-state index in [1.165, 1.54) is 7.11 Å². The van der Waals surface area contributed by atoms with Gasteiger partial charge >= 0.3 is 35.5 Å². The minimum absolute atomic E-state index is 0. The van der Waals surface area contributed by atoms with E-state index in [-0.39, 0.29) is 46.8 Å². The van der Waals surface area contributed by atoms with Crippen molar-refractivity contribution in [1.82, 2.24) is 9.97 Å². The number of aromatic nitrogens is 2. The van der Waals surface area contributed by atoms with E-state index in [4.69, 9.17) is 10.5 Å². The summed E-state index contributed by atoms with van der Waals surface area (Å²) in [5, 5.41) is 15.1. The third kappa shape index (κ3) is 6.39. The Morgan fingerprint density at radius 1 is 0.952 bits per heavy atom. The second kappa shape index (κ2) is 12.1. The molecule has 2 fully saturated rings. The molecule has 3 aliphatic rings. The van der Waals surface area contributed by atoms with E-state index < -0.39 is 11.0 Å². The van der Waals surface area contributed by atoms with E-state index in [9.17, 15) is 14.7 Å². The maximum Gasteiger partial charge on any atom is 1.00 e. The Bertz CT molecular complexity index is 1690. The molecule has 3 heterocycles. The molecule has 214 valence electrons. The quantitative estimate of drug-likeness (QED) is 0.242. The van der Waals surface area contributed by atoms with E-state index in [1.54, 1.807) is 33.2 Å². The van der Waals surface area contributed by atoms with Gasteiger partial charge in [-0.05, 0) is 62.1 Å². The van der Waals surface area contributed by atoms with Crippen LogP contribution in [-0.4, -0.2) is 34.6 Å². The standard InChI is InChI=1S/C14H13BrN2O2.C13H9BrN2O.C4H9O.Na/c1-19-13(18)14(4-5-14)12-9-6-8(15)2-3-11(9)17-7-10(12)16;14-7-1-2-9-8(5-7)11-10(6-15-9)16-12(17)13(11)3-4-13;1-4(2,3)5;/h2-3,6-7H,4-5,16H2,1H3;1-2,5-6H,3-4H2,(H,16,17);1-3H3;/q;;-1;+1. The Hall–Kier alpha value is -2.08. The molecule has 0 radical (unpaired) electrons. The second-order valence-electron chi connectivity index (χ2n) is 11.7. The average Bonchev–Trinajstić information content (AvgIpc) is 3.82. The molecule has 1 amide bonds. The van der Waals surface area contributed by atoms with Crippen LogP contribution in [0.15, 0.2) is 57.7 Å². The van der Waals surface area contributed by atoms with Crippen LogP contribution in [0.1, 0.15) is 57.6 Å². The zero-order valence-corrected chi connectivity index (χ0v) is 29.5. The van der Waals surface area contributed by atoms with Crippen molar-refractivity contribution >= 4 is 76.9 Å². The van der Waals surface area contributed by atoms with Crippen molar-refractivity contribution in [1.29, 1.82) is 0 Å². The van der Waals surface area contributed by atoms with Gasteiger partial charge in [0.1, 0.15) is 0 Å². The summed E-state index contributed by atoms with van der Waals surface area (Å²) in [5.41, 5.74) is 9.71. The van der Waals surface area contributed by atoms with E-state index in [0.29, 0.717) is 5.69 Å². The fraction of sp³-hybridized carbons (Fsp3) is 0.355. The summed E-state index contributed by atoms with van der Waals surface area (Å²) in [6, 6.07) is 11.8. The fourth-order valence-electron chi connectivity index (χ4n) is 5.32. The number of carbonyl (C=O) groups is 2. The van der Waals surface area contributed by atoms with Crippen LogP contribution in [0.5, 0.6) is 0 Å². The van der Waals surface area contributed by atoms with Crippen molar-refractivity contribution in [3.63, 3.8) is 0 Å². The molecule has 0 atom stereocenters. The predicted octanol–water partition coefficient (Wildman–Crippen LogP) is 2.91. The first kappa shape index (κ1) is 32.8. The van der Waals surface area contributed by atoms with Gasteiger partial charge in [-0.15, -0.1) is 5.60 Å². The van der Waals surface area contributed by atoms with Gasteiger partial charge in [0, 0.05) is 30.8 Å². The van der Waals surface area contributed by atoms with Crippen LogP contribution in [-0.2, 0) is 25.2 Å². The van der Waals surface area contributed by atoms with E-state index in [1.807, 2.05) is 30.3 Å². The zero-order chi connectivity index (χ0) is 29.7. The molecule has 1 aliphatic heterocycles. The predicted molar refractivity (Wildman–Crippen MR) is 166 cm³/mol. The minimum Gasteiger partial charge on any atom is -0.850 e. The fourth-order valence-corrected chi connectivity index (χ4v) is 6.05. The number of rotatable bonds is 2. The van der Waals surface area contributed by atoms with Crippen molar-refractivity contribution in [3.05, 3.63) is 68.9 Å². The number of benzene rings is 2. The number of anilines is 2. The Morgan fingerprint density at radius 3 is 1.93 bits per heavy atom. The number of hydrogen-bond donors (Lipinski definition) is 2. The summed E-state index contributed by atoms with van der Waals surface area (Å²) < 4.78 is 6.90. The second-order valence-corrected chi connectivity index (χ2v) is 13.5. The van der Waals surface area contributed by atoms with Crippen LogP contribution in [0, 0.1) is 0 Å². The molecular weight excluding hydrogens is 675 g/mol. The summed E-state index contributed by atoms with van der Waals surface area (Å²) in [6.07, 6.45) is 6.85. The summed E-state index contributed by atoms with van der Waals surface area (Å²) in [4.78, 5) is 32.8. The first-order chi connectivity index (χ1) is 19.3. The first-order valence-corrected chi connectivity index (χ1v) is 14.9. The minimum atomic E-state index is -0.750. The Kier molecular flexibility index (Phi) is 9.48. The van der Waals surface area contributed by atoms with E-state index in [2.05, 4.69) is 53.2 Å². The monoisotopic (exact) mass is 704 g/mol. The van der Waals surface area contributed by atoms with Crippen LogP contribution < -0.4 is 45.7 Å². The number of hydrogen-bond acceptors (Lipinski definition) is 7. The van der Waals surface area contributed by atoms with Crippen molar-refractivity contribution in [2.75, 3.05) is 18.2 Å². The number of fused-ring (bicyclic) bond motifs is 5. The van der Waals surface area contributed by atoms with Crippen LogP contribution in [0.3, 0.4) is 0 Å². The number of carbonyl (C=O) groups excluding carboxylic acids is 2. The third-order valence-electron chi connectivity index (χ3n) is 7.41. The summed E-state index contributed by atoms with van der Waals surface area (Å²) in [5.74, 6) is -0.0755. The van der Waals surface area contributed by atoms with E-state index >= 15 is 0 Å². The number of amides is 1. The summed E-state index contributed by atoms with van der Waals surface area (Å²) >= 11 is 6.93. The van der Waals surface area contributed by atoms with Crippen LogP contribution in [0.4, 0.5) is 11.4 Å². The summed E-state index contributed by atoms with van der Waals surface area (Å²) in [7, 11) is 1.41. The van der Waals surface area contributed by atoms with E-state index in [0.717, 1.165) is 73.2 Å². The van der Waals surface area contributed by atoms with Crippen molar-refractivity contribution in [3.8, 4) is 0 Å². The number of halogens is 2. The molecule has 2 aliphatic carbocycles. The van der Waals surface area contributed by atoms with Gasteiger partial charge < -0.3 is 20.9 Å². The van der Waals surface area contributed by atoms with Crippen molar-refractivity contribution < 1.29 is 49.0 Å². The topological polar surface area (TPSA) is 130 Å². The molecule has 2 aromatic heterocycles. The van der Waals surface area contributed by atoms with Gasteiger partial charge in [0.15, 0.2) is 0 Å². The van der Waals surface area contributed by atoms with Crippen LogP contribution >= 0.6 is 31.9 Å². The zero-order valence-electron chi connectivity index (χ0n) is 24.3. The van der Waals surface area contributed by atoms with Crippen LogP contribution in [0.2, 0.25) is 0 Å². The van der Waals surface area contributed by atoms with Gasteiger partial charge in [0.25, 0.3) is 0 Å².